The van der Waals surface area contributed by atoms with Gasteiger partial charge in [0.1, 0.15) is 10.6 Å². The molecule has 24 heavy (non-hydrogen) atoms. The molecule has 1 atom stereocenters. The van der Waals surface area contributed by atoms with E-state index in [4.69, 9.17) is 20.4 Å². The Morgan fingerprint density at radius 3 is 2.83 bits per heavy atom. The van der Waals surface area contributed by atoms with Gasteiger partial charge in [0, 0.05) is 18.9 Å². The second kappa shape index (κ2) is 5.95. The molecule has 0 radical (unpaired) electrons. The molecular formula is C16H18N6OS. The number of aryl methyl sites for hydroxylation is 1. The smallest absolute Gasteiger partial charge is 0.219 e. The molecule has 0 unspecified atom stereocenters. The van der Waals surface area contributed by atoms with Crippen LogP contribution >= 0.6 is 11.3 Å². The van der Waals surface area contributed by atoms with Crippen LogP contribution in [0.4, 0.5) is 11.8 Å². The minimum Gasteiger partial charge on any atom is -0.377 e. The summed E-state index contributed by atoms with van der Waals surface area (Å²) < 4.78 is 5.57. The minimum atomic E-state index is 0.244. The van der Waals surface area contributed by atoms with Crippen LogP contribution in [0.15, 0.2) is 17.8 Å². The summed E-state index contributed by atoms with van der Waals surface area (Å²) >= 11 is 1.63. The molecule has 1 saturated heterocycles. The molecule has 3 aromatic rings. The number of ether oxygens (including phenoxy) is 1. The summed E-state index contributed by atoms with van der Waals surface area (Å²) in [5, 5.41) is 3.24. The average Bonchev–Trinajstić information content (AvgIpc) is 2.97. The van der Waals surface area contributed by atoms with Crippen molar-refractivity contribution in [3.63, 3.8) is 0 Å². The zero-order valence-corrected chi connectivity index (χ0v) is 14.4. The zero-order chi connectivity index (χ0) is 16.7. The molecule has 1 aliphatic heterocycles. The predicted octanol–water partition coefficient (Wildman–Crippen LogP) is 2.26. The van der Waals surface area contributed by atoms with Crippen LogP contribution in [-0.4, -0.2) is 45.7 Å². The van der Waals surface area contributed by atoms with Crippen LogP contribution in [0.1, 0.15) is 12.5 Å². The highest BCUT2D eigenvalue weighted by Crippen LogP contribution is 2.34. The van der Waals surface area contributed by atoms with Crippen LogP contribution in [0.5, 0.6) is 0 Å². The fraction of sp³-hybridized carbons (Fsp3) is 0.375. The van der Waals surface area contributed by atoms with Gasteiger partial charge in [0.25, 0.3) is 0 Å². The Balaban J connectivity index is 1.89. The second-order valence-electron chi connectivity index (χ2n) is 5.92. The Labute approximate surface area is 143 Å². The highest BCUT2D eigenvalue weighted by atomic mass is 32.1. The van der Waals surface area contributed by atoms with E-state index in [-0.39, 0.29) is 12.0 Å². The van der Waals surface area contributed by atoms with E-state index in [0.29, 0.717) is 19.0 Å². The summed E-state index contributed by atoms with van der Waals surface area (Å²) in [6, 6.07) is 0.270. The molecule has 124 valence electrons. The molecule has 0 amide bonds. The van der Waals surface area contributed by atoms with Gasteiger partial charge >= 0.3 is 0 Å². The summed E-state index contributed by atoms with van der Waals surface area (Å²) in [7, 11) is 0. The first-order valence-electron chi connectivity index (χ1n) is 7.81. The third-order valence-electron chi connectivity index (χ3n) is 4.17. The molecule has 0 aromatic carbocycles. The van der Waals surface area contributed by atoms with Gasteiger partial charge in [0.15, 0.2) is 5.82 Å². The van der Waals surface area contributed by atoms with Crippen LogP contribution in [0, 0.1) is 6.92 Å². The Kier molecular flexibility index (Phi) is 3.78. The maximum Gasteiger partial charge on any atom is 0.219 e. The normalized spacial score (nSPS) is 18.2. The number of rotatable bonds is 2. The van der Waals surface area contributed by atoms with Gasteiger partial charge in [-0.3, -0.25) is 0 Å². The lowest BCUT2D eigenvalue weighted by atomic mass is 10.2. The van der Waals surface area contributed by atoms with Gasteiger partial charge in [-0.1, -0.05) is 0 Å². The third kappa shape index (κ3) is 2.57. The van der Waals surface area contributed by atoms with Crippen molar-refractivity contribution in [3.8, 4) is 11.4 Å². The fourth-order valence-corrected chi connectivity index (χ4v) is 3.81. The molecule has 0 bridgehead atoms. The quantitative estimate of drug-likeness (QED) is 0.764. The summed E-state index contributed by atoms with van der Waals surface area (Å²) in [6.07, 6.45) is 3.33. The van der Waals surface area contributed by atoms with Crippen LogP contribution < -0.4 is 10.6 Å². The molecule has 3 aromatic heterocycles. The van der Waals surface area contributed by atoms with Gasteiger partial charge in [-0.05, 0) is 24.8 Å². The standard InChI is InChI=1S/C16H18N6OS/c1-9-8-24-15-12(9)14(22-3-4-23-7-10(22)2)20-13(21-15)11-5-18-16(17)19-6-11/h5-6,8,10H,3-4,7H2,1-2H3,(H2,17,18,19)/t10-/m0/s1. The van der Waals surface area contributed by atoms with Gasteiger partial charge in [0.05, 0.1) is 30.2 Å². The molecule has 7 nitrogen and oxygen atoms in total. The van der Waals surface area contributed by atoms with Crippen molar-refractivity contribution in [1.82, 2.24) is 19.9 Å². The first kappa shape index (κ1) is 15.2. The predicted molar refractivity (Wildman–Crippen MR) is 95.2 cm³/mol. The summed E-state index contributed by atoms with van der Waals surface area (Å²) in [6.45, 7) is 6.48. The second-order valence-corrected chi connectivity index (χ2v) is 6.78. The van der Waals surface area contributed by atoms with Crippen LogP contribution in [0.3, 0.4) is 0 Å². The maximum absolute atomic E-state index is 5.58. The number of fused-ring (bicyclic) bond motifs is 1. The molecule has 4 heterocycles. The molecule has 0 aliphatic carbocycles. The number of aromatic nitrogens is 4. The zero-order valence-electron chi connectivity index (χ0n) is 13.6. The van der Waals surface area contributed by atoms with Gasteiger partial charge in [-0.2, -0.15) is 0 Å². The average molecular weight is 342 g/mol. The molecule has 0 saturated carbocycles. The third-order valence-corrected chi connectivity index (χ3v) is 5.16. The number of thiophene rings is 1. The van der Waals surface area contributed by atoms with Crippen LogP contribution in [-0.2, 0) is 4.74 Å². The Bertz CT molecular complexity index is 878. The van der Waals surface area contributed by atoms with Crippen molar-refractivity contribution in [3.05, 3.63) is 23.3 Å². The van der Waals surface area contributed by atoms with Gasteiger partial charge < -0.3 is 15.4 Å². The summed E-state index contributed by atoms with van der Waals surface area (Å²) in [5.41, 5.74) is 7.54. The molecule has 0 spiro atoms. The number of morpholine rings is 1. The van der Waals surface area contributed by atoms with E-state index in [9.17, 15) is 0 Å². The Morgan fingerprint density at radius 1 is 1.29 bits per heavy atom. The first-order chi connectivity index (χ1) is 11.6. The highest BCUT2D eigenvalue weighted by molar-refractivity contribution is 7.17. The number of nitrogen functional groups attached to an aromatic ring is 1. The molecule has 1 fully saturated rings. The molecule has 8 heteroatoms. The van der Waals surface area contributed by atoms with E-state index in [1.54, 1.807) is 23.7 Å². The van der Waals surface area contributed by atoms with E-state index >= 15 is 0 Å². The molecule has 2 N–H and O–H groups in total. The number of nitrogens with zero attached hydrogens (tertiary/aromatic N) is 5. The topological polar surface area (TPSA) is 90.0 Å². The van der Waals surface area contributed by atoms with Crippen LogP contribution in [0.2, 0.25) is 0 Å². The number of nitrogens with two attached hydrogens (primary N) is 1. The van der Waals surface area contributed by atoms with E-state index in [1.165, 1.54) is 5.56 Å². The Morgan fingerprint density at radius 2 is 2.08 bits per heavy atom. The van der Waals surface area contributed by atoms with E-state index in [1.807, 2.05) is 0 Å². The largest absolute Gasteiger partial charge is 0.377 e. The summed E-state index contributed by atoms with van der Waals surface area (Å²) in [5.74, 6) is 1.83. The molecule has 1 aliphatic rings. The van der Waals surface area contributed by atoms with Crippen molar-refractivity contribution in [2.45, 2.75) is 19.9 Å². The first-order valence-corrected chi connectivity index (χ1v) is 8.69. The van der Waals surface area contributed by atoms with Crippen molar-refractivity contribution < 1.29 is 4.74 Å². The lowest BCUT2D eigenvalue weighted by Crippen LogP contribution is -2.44. The fourth-order valence-electron chi connectivity index (χ4n) is 2.89. The van der Waals surface area contributed by atoms with Crippen molar-refractivity contribution in [2.75, 3.05) is 30.4 Å². The number of anilines is 2. The van der Waals surface area contributed by atoms with Crippen LogP contribution in [0.25, 0.3) is 21.6 Å². The number of hydrogen-bond acceptors (Lipinski definition) is 8. The highest BCUT2D eigenvalue weighted by Gasteiger charge is 2.25. The van der Waals surface area contributed by atoms with Crippen molar-refractivity contribution >= 4 is 33.3 Å². The monoisotopic (exact) mass is 342 g/mol. The van der Waals surface area contributed by atoms with Crippen molar-refractivity contribution in [1.29, 1.82) is 0 Å². The lowest BCUT2D eigenvalue weighted by molar-refractivity contribution is 0.0987. The molecular weight excluding hydrogens is 324 g/mol. The van der Waals surface area contributed by atoms with E-state index in [0.717, 1.165) is 28.1 Å². The SMILES string of the molecule is Cc1csc2nc(-c3cnc(N)nc3)nc(N3CCOC[C@@H]3C)c12. The maximum atomic E-state index is 5.58. The van der Waals surface area contributed by atoms with Gasteiger partial charge in [-0.15, -0.1) is 11.3 Å². The van der Waals surface area contributed by atoms with Gasteiger partial charge in [-0.25, -0.2) is 19.9 Å². The molecule has 4 rings (SSSR count). The summed E-state index contributed by atoms with van der Waals surface area (Å²) in [4.78, 5) is 20.9. The Hall–Kier alpha value is -2.32. The number of hydrogen-bond donors (Lipinski definition) is 1. The minimum absolute atomic E-state index is 0.244. The van der Waals surface area contributed by atoms with Crippen molar-refractivity contribution in [2.24, 2.45) is 0 Å². The van der Waals surface area contributed by atoms with E-state index in [2.05, 4.69) is 34.1 Å². The van der Waals surface area contributed by atoms with E-state index < -0.39 is 0 Å². The van der Waals surface area contributed by atoms with Gasteiger partial charge in [0.2, 0.25) is 5.95 Å². The lowest BCUT2D eigenvalue weighted by Gasteiger charge is -2.34.